The van der Waals surface area contributed by atoms with Crippen LogP contribution in [0.3, 0.4) is 0 Å². The highest BCUT2D eigenvalue weighted by molar-refractivity contribution is 9.12. The van der Waals surface area contributed by atoms with Crippen LogP contribution in [-0.4, -0.2) is 9.85 Å². The first-order chi connectivity index (χ1) is 8.32. The fourth-order valence-corrected chi connectivity index (χ4v) is 3.80. The third kappa shape index (κ3) is 2.46. The Kier molecular flexibility index (Phi) is 4.62. The second kappa shape index (κ2) is 5.61. The molecule has 9 nitrogen and oxygen atoms in total. The number of nitro groups is 2. The zero-order valence-corrected chi connectivity index (χ0v) is 12.8. The van der Waals surface area contributed by atoms with Gasteiger partial charge in [0.25, 0.3) is 0 Å². The smallest absolute Gasteiger partial charge is 0.258 e. The Labute approximate surface area is 123 Å². The summed E-state index contributed by atoms with van der Waals surface area (Å²) in [5.41, 5.74) is 6.92. The molecular formula is C6Br3N5O4. The van der Waals surface area contributed by atoms with Gasteiger partial charge in [-0.3, -0.25) is 20.2 Å². The molecule has 94 valence electrons. The van der Waals surface area contributed by atoms with E-state index < -0.39 is 21.2 Å². The Bertz CT molecular complexity index is 526. The van der Waals surface area contributed by atoms with Crippen LogP contribution < -0.4 is 0 Å². The summed E-state index contributed by atoms with van der Waals surface area (Å²) in [6.07, 6.45) is 0. The highest BCUT2D eigenvalue weighted by Gasteiger charge is 2.33. The lowest BCUT2D eigenvalue weighted by Crippen LogP contribution is -1.98. The van der Waals surface area contributed by atoms with E-state index >= 15 is 0 Å². The highest BCUT2D eigenvalue weighted by Crippen LogP contribution is 2.51. The Morgan fingerprint density at radius 1 is 1.00 bits per heavy atom. The Balaban J connectivity index is 3.93. The van der Waals surface area contributed by atoms with Crippen LogP contribution in [0.2, 0.25) is 0 Å². The summed E-state index contributed by atoms with van der Waals surface area (Å²) >= 11 is 8.55. The summed E-state index contributed by atoms with van der Waals surface area (Å²) in [6, 6.07) is 0. The maximum absolute atomic E-state index is 10.9. The molecule has 0 atom stereocenters. The average Bonchev–Trinajstić information content (AvgIpc) is 2.23. The molecule has 1 aromatic rings. The number of hydrogen-bond donors (Lipinski definition) is 0. The molecule has 0 aliphatic rings. The first kappa shape index (κ1) is 14.8. The number of halogens is 3. The molecule has 0 heterocycles. The van der Waals surface area contributed by atoms with Gasteiger partial charge in [0.2, 0.25) is 0 Å². The van der Waals surface area contributed by atoms with Gasteiger partial charge in [0, 0.05) is 4.91 Å². The predicted octanol–water partition coefficient (Wildman–Crippen LogP) is 4.73. The molecule has 0 saturated heterocycles. The average molecular weight is 446 g/mol. The molecule has 1 aromatic carbocycles. The minimum atomic E-state index is -0.829. The number of nitrogens with zero attached hydrogens (tertiary/aromatic N) is 5. The van der Waals surface area contributed by atoms with E-state index in [4.69, 9.17) is 5.53 Å². The lowest BCUT2D eigenvalue weighted by Gasteiger charge is -2.06. The van der Waals surface area contributed by atoms with Crippen LogP contribution in [0.4, 0.5) is 17.1 Å². The monoisotopic (exact) mass is 443 g/mol. The fourth-order valence-electron chi connectivity index (χ4n) is 1.08. The van der Waals surface area contributed by atoms with Gasteiger partial charge in [-0.2, -0.15) is 0 Å². The molecule has 0 radical (unpaired) electrons. The van der Waals surface area contributed by atoms with E-state index in [0.717, 1.165) is 0 Å². The molecule has 0 fully saturated rings. The van der Waals surface area contributed by atoms with E-state index in [1.807, 2.05) is 0 Å². The molecule has 0 amide bonds. The number of nitro benzene ring substituents is 2. The maximum atomic E-state index is 10.9. The van der Waals surface area contributed by atoms with Crippen LogP contribution in [0, 0.1) is 20.2 Å². The van der Waals surface area contributed by atoms with E-state index in [9.17, 15) is 20.2 Å². The van der Waals surface area contributed by atoms with Crippen molar-refractivity contribution in [2.45, 2.75) is 0 Å². The summed E-state index contributed by atoms with van der Waals surface area (Å²) in [5.74, 6) is 0. The van der Waals surface area contributed by atoms with Crippen LogP contribution in [0.1, 0.15) is 0 Å². The van der Waals surface area contributed by atoms with E-state index in [0.29, 0.717) is 0 Å². The minimum absolute atomic E-state index is 0.158. The van der Waals surface area contributed by atoms with Gasteiger partial charge in [-0.25, -0.2) is 0 Å². The number of rotatable bonds is 3. The normalized spacial score (nSPS) is 9.72. The third-order valence-corrected chi connectivity index (χ3v) is 4.01. The van der Waals surface area contributed by atoms with Crippen LogP contribution in [-0.2, 0) is 0 Å². The largest absolute Gasteiger partial charge is 0.305 e. The summed E-state index contributed by atoms with van der Waals surface area (Å²) in [7, 11) is 0. The van der Waals surface area contributed by atoms with Crippen molar-refractivity contribution in [3.05, 3.63) is 44.1 Å². The molecule has 12 heteroatoms. The second-order valence-corrected chi connectivity index (χ2v) is 5.07. The highest BCUT2D eigenvalue weighted by atomic mass is 79.9. The molecule has 1 rings (SSSR count). The number of benzene rings is 1. The van der Waals surface area contributed by atoms with Crippen molar-refractivity contribution in [3.8, 4) is 0 Å². The summed E-state index contributed by atoms with van der Waals surface area (Å²) in [4.78, 5) is 22.5. The topological polar surface area (TPSA) is 135 Å². The Hall–Kier alpha value is -1.23. The first-order valence-electron chi connectivity index (χ1n) is 3.87. The number of azide groups is 1. The van der Waals surface area contributed by atoms with Crippen LogP contribution in [0.25, 0.3) is 10.4 Å². The van der Waals surface area contributed by atoms with Crippen molar-refractivity contribution in [2.24, 2.45) is 5.11 Å². The third-order valence-electron chi connectivity index (χ3n) is 1.76. The first-order valence-corrected chi connectivity index (χ1v) is 6.25. The SMILES string of the molecule is [N-]=[N+]=Nc1c(Br)c([N+](=O)[O-])c(Br)c([N+](=O)[O-])c1Br. The van der Waals surface area contributed by atoms with Gasteiger partial charge in [0.05, 0.1) is 15.5 Å². The summed E-state index contributed by atoms with van der Waals surface area (Å²) in [5, 5.41) is 24.9. The van der Waals surface area contributed by atoms with Gasteiger partial charge in [0.1, 0.15) is 8.95 Å². The molecule has 0 bridgehead atoms. The molecule has 0 N–H and O–H groups in total. The quantitative estimate of drug-likeness (QED) is 0.218. The van der Waals surface area contributed by atoms with Crippen molar-refractivity contribution in [1.82, 2.24) is 0 Å². The fraction of sp³-hybridized carbons (Fsp3) is 0. The summed E-state index contributed by atoms with van der Waals surface area (Å²) < 4.78 is -0.641. The van der Waals surface area contributed by atoms with Gasteiger partial charge >= 0.3 is 11.4 Å². The molecule has 0 spiro atoms. The maximum Gasteiger partial charge on any atom is 0.305 e. The molecule has 0 aliphatic carbocycles. The molecule has 18 heavy (non-hydrogen) atoms. The van der Waals surface area contributed by atoms with E-state index in [2.05, 4.69) is 57.8 Å². The lowest BCUT2D eigenvalue weighted by molar-refractivity contribution is -0.396. The Morgan fingerprint density at radius 3 is 1.67 bits per heavy atom. The van der Waals surface area contributed by atoms with E-state index in [-0.39, 0.29) is 19.1 Å². The van der Waals surface area contributed by atoms with Crippen molar-refractivity contribution < 1.29 is 9.85 Å². The Morgan fingerprint density at radius 2 is 1.39 bits per heavy atom. The van der Waals surface area contributed by atoms with Crippen LogP contribution in [0.5, 0.6) is 0 Å². The van der Waals surface area contributed by atoms with Gasteiger partial charge in [-0.05, 0) is 53.3 Å². The standard InChI is InChI=1S/C6Br3N5O4/c7-1-4(11-12-10)2(8)6(14(17)18)3(9)5(1)13(15)16. The van der Waals surface area contributed by atoms with Crippen molar-refractivity contribution in [2.75, 3.05) is 0 Å². The summed E-state index contributed by atoms with van der Waals surface area (Å²) in [6.45, 7) is 0. The number of hydrogen-bond acceptors (Lipinski definition) is 5. The molecule has 0 aliphatic heterocycles. The lowest BCUT2D eigenvalue weighted by atomic mass is 10.2. The van der Waals surface area contributed by atoms with Gasteiger partial charge < -0.3 is 0 Å². The molecular weight excluding hydrogens is 446 g/mol. The van der Waals surface area contributed by atoms with Crippen LogP contribution >= 0.6 is 47.8 Å². The molecule has 0 aromatic heterocycles. The van der Waals surface area contributed by atoms with E-state index in [1.165, 1.54) is 0 Å². The zero-order chi connectivity index (χ0) is 14.0. The second-order valence-electron chi connectivity index (χ2n) is 2.69. The van der Waals surface area contributed by atoms with Gasteiger partial charge in [-0.15, -0.1) is 0 Å². The van der Waals surface area contributed by atoms with Crippen LogP contribution in [0.15, 0.2) is 18.5 Å². The predicted molar refractivity (Wildman–Crippen MR) is 71.7 cm³/mol. The van der Waals surface area contributed by atoms with Crippen molar-refractivity contribution in [3.63, 3.8) is 0 Å². The van der Waals surface area contributed by atoms with Crippen molar-refractivity contribution in [1.29, 1.82) is 0 Å². The zero-order valence-electron chi connectivity index (χ0n) is 8.00. The molecule has 0 unspecified atom stereocenters. The van der Waals surface area contributed by atoms with Gasteiger partial charge in [0.15, 0.2) is 4.47 Å². The van der Waals surface area contributed by atoms with Crippen molar-refractivity contribution >= 4 is 64.9 Å². The minimum Gasteiger partial charge on any atom is -0.258 e. The van der Waals surface area contributed by atoms with E-state index in [1.54, 1.807) is 0 Å². The molecule has 0 saturated carbocycles. The van der Waals surface area contributed by atoms with Gasteiger partial charge in [-0.1, -0.05) is 5.11 Å².